The van der Waals surface area contributed by atoms with E-state index < -0.39 is 0 Å². The molecule has 1 aromatic heterocycles. The van der Waals surface area contributed by atoms with Gasteiger partial charge in [-0.1, -0.05) is 12.1 Å². The highest BCUT2D eigenvalue weighted by Crippen LogP contribution is 2.14. The number of ether oxygens (including phenoxy) is 1. The first-order valence-corrected chi connectivity index (χ1v) is 8.96. The van der Waals surface area contributed by atoms with Crippen molar-refractivity contribution in [2.75, 3.05) is 51.8 Å². The van der Waals surface area contributed by atoms with E-state index in [9.17, 15) is 4.79 Å². The zero-order valence-corrected chi connectivity index (χ0v) is 15.4. The van der Waals surface area contributed by atoms with Gasteiger partial charge in [-0.3, -0.25) is 4.79 Å². The molecule has 26 heavy (non-hydrogen) atoms. The topological polar surface area (TPSA) is 57.7 Å². The fourth-order valence-electron chi connectivity index (χ4n) is 2.99. The Hall–Kier alpha value is -2.60. The molecule has 1 saturated heterocycles. The first kappa shape index (κ1) is 18.2. The van der Waals surface area contributed by atoms with E-state index in [4.69, 9.17) is 4.74 Å². The summed E-state index contributed by atoms with van der Waals surface area (Å²) < 4.78 is 5.22. The standard InChI is InChI=1S/C20H26N4O2/c1-23-10-12-24(13-11-23)19-7-6-17(15-22-19)20(25)21-9-8-16-4-3-5-18(14-16)26-2/h3-7,14-15H,8-13H2,1-2H3,(H,21,25). The summed E-state index contributed by atoms with van der Waals surface area (Å²) in [6, 6.07) is 11.7. The van der Waals surface area contributed by atoms with Crippen molar-refractivity contribution >= 4 is 11.7 Å². The molecule has 1 fully saturated rings. The van der Waals surface area contributed by atoms with Gasteiger partial charge in [0.2, 0.25) is 0 Å². The number of hydrogen-bond acceptors (Lipinski definition) is 5. The Morgan fingerprint density at radius 2 is 2.00 bits per heavy atom. The number of amides is 1. The minimum atomic E-state index is -0.0923. The fraction of sp³-hybridized carbons (Fsp3) is 0.400. The van der Waals surface area contributed by atoms with Crippen LogP contribution in [0.4, 0.5) is 5.82 Å². The molecule has 1 N–H and O–H groups in total. The molecule has 1 aliphatic rings. The second kappa shape index (κ2) is 8.67. The monoisotopic (exact) mass is 354 g/mol. The van der Waals surface area contributed by atoms with Crippen LogP contribution in [0.5, 0.6) is 5.75 Å². The summed E-state index contributed by atoms with van der Waals surface area (Å²) in [7, 11) is 3.78. The molecule has 0 bridgehead atoms. The summed E-state index contributed by atoms with van der Waals surface area (Å²) in [5, 5.41) is 2.95. The lowest BCUT2D eigenvalue weighted by atomic mass is 10.1. The molecule has 0 atom stereocenters. The van der Waals surface area contributed by atoms with Crippen LogP contribution in [0.1, 0.15) is 15.9 Å². The zero-order chi connectivity index (χ0) is 18.4. The van der Waals surface area contributed by atoms with Crippen LogP contribution in [-0.2, 0) is 6.42 Å². The minimum Gasteiger partial charge on any atom is -0.497 e. The second-order valence-electron chi connectivity index (χ2n) is 6.55. The third-order valence-electron chi connectivity index (χ3n) is 4.67. The molecule has 1 aliphatic heterocycles. The van der Waals surface area contributed by atoms with E-state index in [0.717, 1.165) is 49.7 Å². The lowest BCUT2D eigenvalue weighted by Gasteiger charge is -2.33. The number of hydrogen-bond donors (Lipinski definition) is 1. The van der Waals surface area contributed by atoms with Gasteiger partial charge in [0.1, 0.15) is 11.6 Å². The van der Waals surface area contributed by atoms with Crippen molar-refractivity contribution in [2.45, 2.75) is 6.42 Å². The van der Waals surface area contributed by atoms with Crippen LogP contribution >= 0.6 is 0 Å². The number of nitrogens with zero attached hydrogens (tertiary/aromatic N) is 3. The normalized spacial score (nSPS) is 14.9. The van der Waals surface area contributed by atoms with E-state index >= 15 is 0 Å². The number of nitrogens with one attached hydrogen (secondary N) is 1. The smallest absolute Gasteiger partial charge is 0.252 e. The van der Waals surface area contributed by atoms with Crippen molar-refractivity contribution < 1.29 is 9.53 Å². The molecule has 0 radical (unpaired) electrons. The Labute approximate surface area is 154 Å². The summed E-state index contributed by atoms with van der Waals surface area (Å²) in [6.45, 7) is 4.58. The minimum absolute atomic E-state index is 0.0923. The number of benzene rings is 1. The van der Waals surface area contributed by atoms with Crippen molar-refractivity contribution in [3.05, 3.63) is 53.7 Å². The summed E-state index contributed by atoms with van der Waals surface area (Å²) in [5.41, 5.74) is 1.72. The highest BCUT2D eigenvalue weighted by Gasteiger charge is 2.15. The zero-order valence-electron chi connectivity index (χ0n) is 15.4. The van der Waals surface area contributed by atoms with Crippen LogP contribution < -0.4 is 15.0 Å². The predicted molar refractivity (Wildman–Crippen MR) is 103 cm³/mol. The molecule has 1 aromatic carbocycles. The molecule has 0 aliphatic carbocycles. The van der Waals surface area contributed by atoms with Crippen molar-refractivity contribution in [1.29, 1.82) is 0 Å². The molecule has 6 nitrogen and oxygen atoms in total. The van der Waals surface area contributed by atoms with Gasteiger partial charge in [0.25, 0.3) is 5.91 Å². The molecule has 0 unspecified atom stereocenters. The summed E-state index contributed by atoms with van der Waals surface area (Å²) >= 11 is 0. The van der Waals surface area contributed by atoms with Gasteiger partial charge in [-0.25, -0.2) is 4.98 Å². The molecular weight excluding hydrogens is 328 g/mol. The molecule has 2 aromatic rings. The lowest BCUT2D eigenvalue weighted by molar-refractivity contribution is 0.0954. The molecule has 0 saturated carbocycles. The first-order chi connectivity index (χ1) is 12.7. The van der Waals surface area contributed by atoms with Crippen molar-refractivity contribution in [2.24, 2.45) is 0 Å². The van der Waals surface area contributed by atoms with Crippen LogP contribution in [-0.4, -0.2) is 62.7 Å². The molecule has 138 valence electrons. The van der Waals surface area contributed by atoms with Crippen LogP contribution in [0.25, 0.3) is 0 Å². The Balaban J connectivity index is 1.50. The van der Waals surface area contributed by atoms with E-state index in [1.165, 1.54) is 0 Å². The highest BCUT2D eigenvalue weighted by molar-refractivity contribution is 5.94. The number of anilines is 1. The number of piperazine rings is 1. The lowest BCUT2D eigenvalue weighted by Crippen LogP contribution is -2.44. The number of rotatable bonds is 6. The SMILES string of the molecule is COc1cccc(CCNC(=O)c2ccc(N3CCN(C)CC3)nc2)c1. The number of carbonyl (C=O) groups excluding carboxylic acids is 1. The number of aromatic nitrogens is 1. The number of likely N-dealkylation sites (N-methyl/N-ethyl adjacent to an activating group) is 1. The first-order valence-electron chi connectivity index (χ1n) is 8.96. The van der Waals surface area contributed by atoms with E-state index in [1.807, 2.05) is 36.4 Å². The quantitative estimate of drug-likeness (QED) is 0.857. The number of carbonyl (C=O) groups is 1. The van der Waals surface area contributed by atoms with Crippen LogP contribution in [0.2, 0.25) is 0 Å². The average molecular weight is 354 g/mol. The van der Waals surface area contributed by atoms with Gasteiger partial charge in [-0.2, -0.15) is 0 Å². The number of pyridine rings is 1. The van der Waals surface area contributed by atoms with Gasteiger partial charge in [-0.05, 0) is 43.3 Å². The van der Waals surface area contributed by atoms with Crippen molar-refractivity contribution in [3.8, 4) is 5.75 Å². The molecular formula is C20H26N4O2. The van der Waals surface area contributed by atoms with Gasteiger partial charge in [0, 0.05) is 38.9 Å². The highest BCUT2D eigenvalue weighted by atomic mass is 16.5. The summed E-state index contributed by atoms with van der Waals surface area (Å²) in [4.78, 5) is 21.3. The fourth-order valence-corrected chi connectivity index (χ4v) is 2.99. The Bertz CT molecular complexity index is 725. The van der Waals surface area contributed by atoms with E-state index in [1.54, 1.807) is 13.3 Å². The van der Waals surface area contributed by atoms with Gasteiger partial charge in [0.15, 0.2) is 0 Å². The average Bonchev–Trinajstić information content (AvgIpc) is 2.69. The molecule has 6 heteroatoms. The van der Waals surface area contributed by atoms with Crippen molar-refractivity contribution in [3.63, 3.8) is 0 Å². The summed E-state index contributed by atoms with van der Waals surface area (Å²) in [5.74, 6) is 1.67. The Morgan fingerprint density at radius 3 is 2.69 bits per heavy atom. The Morgan fingerprint density at radius 1 is 1.19 bits per heavy atom. The van der Waals surface area contributed by atoms with Crippen LogP contribution in [0.15, 0.2) is 42.6 Å². The second-order valence-corrected chi connectivity index (χ2v) is 6.55. The number of methoxy groups -OCH3 is 1. The molecule has 1 amide bonds. The third kappa shape index (κ3) is 4.73. The van der Waals surface area contributed by atoms with E-state index in [0.29, 0.717) is 12.1 Å². The molecule has 0 spiro atoms. The molecule has 2 heterocycles. The van der Waals surface area contributed by atoms with Crippen LogP contribution in [0, 0.1) is 0 Å². The van der Waals surface area contributed by atoms with Crippen molar-refractivity contribution in [1.82, 2.24) is 15.2 Å². The van der Waals surface area contributed by atoms with Gasteiger partial charge >= 0.3 is 0 Å². The van der Waals surface area contributed by atoms with Gasteiger partial charge in [0.05, 0.1) is 12.7 Å². The predicted octanol–water partition coefficient (Wildman–Crippen LogP) is 1.81. The summed E-state index contributed by atoms with van der Waals surface area (Å²) in [6.07, 6.45) is 2.42. The maximum Gasteiger partial charge on any atom is 0.252 e. The Kier molecular flexibility index (Phi) is 6.07. The van der Waals surface area contributed by atoms with E-state index in [-0.39, 0.29) is 5.91 Å². The van der Waals surface area contributed by atoms with E-state index in [2.05, 4.69) is 27.1 Å². The third-order valence-corrected chi connectivity index (χ3v) is 4.67. The van der Waals surface area contributed by atoms with Crippen LogP contribution in [0.3, 0.4) is 0 Å². The maximum atomic E-state index is 12.3. The maximum absolute atomic E-state index is 12.3. The van der Waals surface area contributed by atoms with Gasteiger partial charge in [-0.15, -0.1) is 0 Å². The van der Waals surface area contributed by atoms with Gasteiger partial charge < -0.3 is 19.9 Å². The largest absolute Gasteiger partial charge is 0.497 e. The molecule has 3 rings (SSSR count).